The number of nitrogens with two attached hydrogens (primary N) is 1. The quantitative estimate of drug-likeness (QED) is 0.881. The summed E-state index contributed by atoms with van der Waals surface area (Å²) in [4.78, 5) is -0.125. The van der Waals surface area contributed by atoms with Gasteiger partial charge in [0, 0.05) is 12.1 Å². The molecule has 0 unspecified atom stereocenters. The van der Waals surface area contributed by atoms with Crippen LogP contribution in [0.5, 0.6) is 5.75 Å². The van der Waals surface area contributed by atoms with Crippen molar-refractivity contribution in [3.63, 3.8) is 0 Å². The van der Waals surface area contributed by atoms with Crippen LogP contribution in [-0.4, -0.2) is 26.9 Å². The first-order valence-electron chi connectivity index (χ1n) is 6.81. The zero-order valence-corrected chi connectivity index (χ0v) is 12.5. The van der Waals surface area contributed by atoms with E-state index in [9.17, 15) is 21.6 Å². The second kappa shape index (κ2) is 6.43. The average Bonchev–Trinajstić information content (AvgIpc) is 2.40. The second-order valence-electron chi connectivity index (χ2n) is 5.20. The SMILES string of the molecule is N[C@@H]1CCCC[C@H]1NS(=O)(=O)c1ccc(OC(F)(F)F)cc1. The summed E-state index contributed by atoms with van der Waals surface area (Å²) in [6.45, 7) is 0. The van der Waals surface area contributed by atoms with E-state index in [1.54, 1.807) is 0 Å². The zero-order chi connectivity index (χ0) is 16.4. The number of hydrogen-bond donors (Lipinski definition) is 2. The van der Waals surface area contributed by atoms with Gasteiger partial charge in [0.15, 0.2) is 0 Å². The molecule has 1 fully saturated rings. The van der Waals surface area contributed by atoms with Gasteiger partial charge >= 0.3 is 6.36 Å². The molecule has 0 aromatic heterocycles. The first-order chi connectivity index (χ1) is 10.2. The van der Waals surface area contributed by atoms with Gasteiger partial charge in [-0.2, -0.15) is 0 Å². The lowest BCUT2D eigenvalue weighted by Crippen LogP contribution is -2.49. The number of benzene rings is 1. The first-order valence-corrected chi connectivity index (χ1v) is 8.29. The van der Waals surface area contributed by atoms with Gasteiger partial charge in [-0.05, 0) is 37.1 Å². The molecule has 1 aliphatic rings. The van der Waals surface area contributed by atoms with Crippen LogP contribution in [-0.2, 0) is 10.0 Å². The Hall–Kier alpha value is -1.32. The molecule has 0 radical (unpaired) electrons. The maximum absolute atomic E-state index is 12.2. The van der Waals surface area contributed by atoms with Crippen molar-refractivity contribution in [3.8, 4) is 5.75 Å². The molecule has 0 bridgehead atoms. The number of hydrogen-bond acceptors (Lipinski definition) is 4. The van der Waals surface area contributed by atoms with Gasteiger partial charge in [0.1, 0.15) is 5.75 Å². The summed E-state index contributed by atoms with van der Waals surface area (Å²) in [5.74, 6) is -0.471. The summed E-state index contributed by atoms with van der Waals surface area (Å²) in [6.07, 6.45) is -1.57. The highest BCUT2D eigenvalue weighted by molar-refractivity contribution is 7.89. The third-order valence-corrected chi connectivity index (χ3v) is 5.00. The highest BCUT2D eigenvalue weighted by atomic mass is 32.2. The molecular weight excluding hydrogens is 321 g/mol. The highest BCUT2D eigenvalue weighted by Gasteiger charge is 2.31. The van der Waals surface area contributed by atoms with Crippen molar-refractivity contribution in [1.29, 1.82) is 0 Å². The van der Waals surface area contributed by atoms with Crippen LogP contribution < -0.4 is 15.2 Å². The molecule has 0 spiro atoms. The van der Waals surface area contributed by atoms with E-state index >= 15 is 0 Å². The zero-order valence-electron chi connectivity index (χ0n) is 11.6. The van der Waals surface area contributed by atoms with Crippen LogP contribution >= 0.6 is 0 Å². The molecule has 3 N–H and O–H groups in total. The van der Waals surface area contributed by atoms with Crippen LogP contribution in [0.4, 0.5) is 13.2 Å². The molecular formula is C13H17F3N2O3S. The smallest absolute Gasteiger partial charge is 0.406 e. The Labute approximate surface area is 126 Å². The van der Waals surface area contributed by atoms with Gasteiger partial charge in [-0.3, -0.25) is 0 Å². The fraction of sp³-hybridized carbons (Fsp3) is 0.538. The molecule has 5 nitrogen and oxygen atoms in total. The van der Waals surface area contributed by atoms with Crippen LogP contribution in [0, 0.1) is 0 Å². The Balaban J connectivity index is 2.09. The van der Waals surface area contributed by atoms with E-state index in [0.29, 0.717) is 6.42 Å². The molecule has 2 rings (SSSR count). The van der Waals surface area contributed by atoms with Crippen molar-refractivity contribution in [2.45, 2.75) is 49.0 Å². The minimum absolute atomic E-state index is 0.125. The van der Waals surface area contributed by atoms with E-state index in [-0.39, 0.29) is 17.0 Å². The number of ether oxygens (including phenoxy) is 1. The van der Waals surface area contributed by atoms with Crippen LogP contribution in [0.3, 0.4) is 0 Å². The summed E-state index contributed by atoms with van der Waals surface area (Å²) in [7, 11) is -3.82. The van der Waals surface area contributed by atoms with Crippen LogP contribution in [0.2, 0.25) is 0 Å². The number of nitrogens with one attached hydrogen (secondary N) is 1. The van der Waals surface area contributed by atoms with Gasteiger partial charge in [-0.1, -0.05) is 12.8 Å². The predicted molar refractivity (Wildman–Crippen MR) is 73.7 cm³/mol. The third-order valence-electron chi connectivity index (χ3n) is 3.49. The number of halogens is 3. The van der Waals surface area contributed by atoms with E-state index < -0.39 is 22.1 Å². The topological polar surface area (TPSA) is 81.4 Å². The van der Waals surface area contributed by atoms with Gasteiger partial charge in [-0.15, -0.1) is 13.2 Å². The van der Waals surface area contributed by atoms with Crippen LogP contribution in [0.25, 0.3) is 0 Å². The highest BCUT2D eigenvalue weighted by Crippen LogP contribution is 2.24. The first kappa shape index (κ1) is 17.0. The molecule has 0 saturated heterocycles. The molecule has 0 heterocycles. The molecule has 2 atom stereocenters. The predicted octanol–water partition coefficient (Wildman–Crippen LogP) is 2.13. The number of sulfonamides is 1. The van der Waals surface area contributed by atoms with E-state index in [1.807, 2.05) is 0 Å². The lowest BCUT2D eigenvalue weighted by Gasteiger charge is -2.29. The van der Waals surface area contributed by atoms with Gasteiger partial charge < -0.3 is 10.5 Å². The second-order valence-corrected chi connectivity index (χ2v) is 6.91. The summed E-state index contributed by atoms with van der Waals surface area (Å²) < 4.78 is 66.8. The Morgan fingerprint density at radius 3 is 2.27 bits per heavy atom. The van der Waals surface area contributed by atoms with Crippen molar-refractivity contribution >= 4 is 10.0 Å². The summed E-state index contributed by atoms with van der Waals surface area (Å²) in [5, 5.41) is 0. The van der Waals surface area contributed by atoms with Crippen molar-refractivity contribution in [2.75, 3.05) is 0 Å². The maximum Gasteiger partial charge on any atom is 0.573 e. The molecule has 124 valence electrons. The lowest BCUT2D eigenvalue weighted by molar-refractivity contribution is -0.274. The van der Waals surface area contributed by atoms with Crippen molar-refractivity contribution in [2.24, 2.45) is 5.73 Å². The van der Waals surface area contributed by atoms with Gasteiger partial charge in [0.2, 0.25) is 10.0 Å². The Bertz CT molecular complexity index is 602. The lowest BCUT2D eigenvalue weighted by atomic mass is 9.92. The molecule has 1 aliphatic carbocycles. The molecule has 0 amide bonds. The average molecular weight is 338 g/mol. The van der Waals surface area contributed by atoms with Crippen molar-refractivity contribution in [1.82, 2.24) is 4.72 Å². The van der Waals surface area contributed by atoms with Gasteiger partial charge in [-0.25, -0.2) is 13.1 Å². The van der Waals surface area contributed by atoms with Crippen LogP contribution in [0.1, 0.15) is 25.7 Å². The Kier molecular flexibility index (Phi) is 4.98. The normalized spacial score (nSPS) is 23.3. The number of rotatable bonds is 4. The molecule has 1 aromatic carbocycles. The minimum atomic E-state index is -4.81. The molecule has 1 saturated carbocycles. The monoisotopic (exact) mass is 338 g/mol. The molecule has 0 aliphatic heterocycles. The standard InChI is InChI=1S/C13H17F3N2O3S/c14-13(15,16)21-9-5-7-10(8-6-9)22(19,20)18-12-4-2-1-3-11(12)17/h5-8,11-12,18H,1-4,17H2/t11-,12-/m1/s1. The summed E-state index contributed by atoms with van der Waals surface area (Å²) >= 11 is 0. The van der Waals surface area contributed by atoms with Gasteiger partial charge in [0.05, 0.1) is 4.90 Å². The van der Waals surface area contributed by atoms with E-state index in [4.69, 9.17) is 5.73 Å². The maximum atomic E-state index is 12.2. The number of alkyl halides is 3. The van der Waals surface area contributed by atoms with Crippen LogP contribution in [0.15, 0.2) is 29.2 Å². The molecule has 22 heavy (non-hydrogen) atoms. The minimum Gasteiger partial charge on any atom is -0.406 e. The molecule has 1 aromatic rings. The fourth-order valence-electron chi connectivity index (χ4n) is 2.39. The van der Waals surface area contributed by atoms with E-state index in [0.717, 1.165) is 43.5 Å². The van der Waals surface area contributed by atoms with Gasteiger partial charge in [0.25, 0.3) is 0 Å². The molecule has 9 heteroatoms. The largest absolute Gasteiger partial charge is 0.573 e. The van der Waals surface area contributed by atoms with E-state index in [2.05, 4.69) is 9.46 Å². The third kappa shape index (κ3) is 4.59. The van der Waals surface area contributed by atoms with Crippen molar-refractivity contribution in [3.05, 3.63) is 24.3 Å². The fourth-order valence-corrected chi connectivity index (χ4v) is 3.72. The summed E-state index contributed by atoms with van der Waals surface area (Å²) in [5.41, 5.74) is 5.89. The summed E-state index contributed by atoms with van der Waals surface area (Å²) in [6, 6.07) is 3.45. The van der Waals surface area contributed by atoms with Crippen molar-refractivity contribution < 1.29 is 26.3 Å². The van der Waals surface area contributed by atoms with E-state index in [1.165, 1.54) is 0 Å². The Morgan fingerprint density at radius 2 is 1.73 bits per heavy atom. The Morgan fingerprint density at radius 1 is 1.14 bits per heavy atom.